The minimum Gasteiger partial charge on any atom is -0.393 e. The number of aliphatic hydroxyl groups is 2. The fourth-order valence-corrected chi connectivity index (χ4v) is 8.95. The maximum absolute atomic E-state index is 11.0. The number of hydrogen-bond donors (Lipinski definition) is 2. The first-order valence-electron chi connectivity index (χ1n) is 13.6. The Hall–Kier alpha value is -0.340. The zero-order chi connectivity index (χ0) is 22.6. The second-order valence-corrected chi connectivity index (χ2v) is 13.1. The first-order chi connectivity index (χ1) is 14.5. The van der Waals surface area contributed by atoms with Crippen molar-refractivity contribution in [1.29, 1.82) is 0 Å². The Morgan fingerprint density at radius 2 is 1.74 bits per heavy atom. The average Bonchev–Trinajstić information content (AvgIpc) is 3.09. The molecule has 2 unspecified atom stereocenters. The van der Waals surface area contributed by atoms with Crippen LogP contribution in [-0.2, 0) is 0 Å². The monoisotopic (exact) mass is 430 g/mol. The van der Waals surface area contributed by atoms with Gasteiger partial charge in [0, 0.05) is 0 Å². The first-order valence-corrected chi connectivity index (χ1v) is 13.6. The van der Waals surface area contributed by atoms with Gasteiger partial charge in [-0.2, -0.15) is 0 Å². The molecule has 0 aromatic rings. The van der Waals surface area contributed by atoms with Crippen molar-refractivity contribution < 1.29 is 10.2 Å². The summed E-state index contributed by atoms with van der Waals surface area (Å²) in [6.45, 7) is 14.2. The Morgan fingerprint density at radius 3 is 2.42 bits per heavy atom. The molecule has 2 heteroatoms. The summed E-state index contributed by atoms with van der Waals surface area (Å²) in [6, 6.07) is 0. The van der Waals surface area contributed by atoms with Gasteiger partial charge in [0.05, 0.1) is 11.7 Å². The quantitative estimate of drug-likeness (QED) is 0.440. The molecule has 3 saturated carbocycles. The van der Waals surface area contributed by atoms with Crippen LogP contribution in [-0.4, -0.2) is 21.9 Å². The van der Waals surface area contributed by atoms with Crippen molar-refractivity contribution in [1.82, 2.24) is 0 Å². The van der Waals surface area contributed by atoms with Gasteiger partial charge in [-0.25, -0.2) is 0 Å². The zero-order valence-electron chi connectivity index (χ0n) is 21.3. The average molecular weight is 431 g/mol. The van der Waals surface area contributed by atoms with E-state index in [9.17, 15) is 10.2 Å². The number of rotatable bonds is 6. The number of fused-ring (bicyclic) bond motifs is 5. The lowest BCUT2D eigenvalue weighted by Gasteiger charge is -2.59. The van der Waals surface area contributed by atoms with Crippen molar-refractivity contribution in [3.63, 3.8) is 0 Å². The summed E-state index contributed by atoms with van der Waals surface area (Å²) in [5, 5.41) is 22.0. The molecule has 9 atom stereocenters. The third kappa shape index (κ3) is 3.96. The van der Waals surface area contributed by atoms with E-state index in [1.54, 1.807) is 5.57 Å². The van der Waals surface area contributed by atoms with Crippen molar-refractivity contribution in [2.24, 2.45) is 46.3 Å². The van der Waals surface area contributed by atoms with Crippen molar-refractivity contribution in [3.05, 3.63) is 11.6 Å². The SMILES string of the molecule is CC[C@]1(O)CC[C@@]2(C)C(=CC[C@H]3[C@@H]4CC[C@H](C(C)C(O)CCC(C)C)[C@@]4(C)CC[C@@H]32)C1. The number of hydrogen-bond acceptors (Lipinski definition) is 2. The maximum Gasteiger partial charge on any atom is 0.0682 e. The highest BCUT2D eigenvalue weighted by Gasteiger charge is 2.60. The summed E-state index contributed by atoms with van der Waals surface area (Å²) >= 11 is 0. The summed E-state index contributed by atoms with van der Waals surface area (Å²) in [6.07, 6.45) is 15.1. The number of aliphatic hydroxyl groups excluding tert-OH is 1. The van der Waals surface area contributed by atoms with E-state index >= 15 is 0 Å². The molecule has 4 rings (SSSR count). The van der Waals surface area contributed by atoms with Gasteiger partial charge in [-0.1, -0.05) is 53.2 Å². The topological polar surface area (TPSA) is 40.5 Å². The lowest BCUT2D eigenvalue weighted by Crippen LogP contribution is -2.52. The van der Waals surface area contributed by atoms with Crippen LogP contribution in [0.1, 0.15) is 112 Å². The van der Waals surface area contributed by atoms with Crippen LogP contribution < -0.4 is 0 Å². The lowest BCUT2D eigenvalue weighted by molar-refractivity contribution is -0.0818. The highest BCUT2D eigenvalue weighted by Crippen LogP contribution is 2.67. The number of allylic oxidation sites excluding steroid dienone is 1. The predicted molar refractivity (Wildman–Crippen MR) is 130 cm³/mol. The van der Waals surface area contributed by atoms with E-state index in [1.807, 2.05) is 0 Å². The van der Waals surface area contributed by atoms with Gasteiger partial charge >= 0.3 is 0 Å². The van der Waals surface area contributed by atoms with Crippen molar-refractivity contribution in [2.75, 3.05) is 0 Å². The fourth-order valence-electron chi connectivity index (χ4n) is 8.95. The molecule has 3 fully saturated rings. The van der Waals surface area contributed by atoms with Gasteiger partial charge in [-0.3, -0.25) is 0 Å². The van der Waals surface area contributed by atoms with Crippen molar-refractivity contribution >= 4 is 0 Å². The van der Waals surface area contributed by atoms with Gasteiger partial charge in [-0.15, -0.1) is 0 Å². The Labute approximate surface area is 192 Å². The van der Waals surface area contributed by atoms with Crippen LogP contribution in [0.3, 0.4) is 0 Å². The van der Waals surface area contributed by atoms with E-state index in [2.05, 4.69) is 47.6 Å². The van der Waals surface area contributed by atoms with Gasteiger partial charge in [-0.05, 0) is 117 Å². The molecule has 0 aromatic carbocycles. The third-order valence-corrected chi connectivity index (χ3v) is 11.3. The molecule has 0 spiro atoms. The van der Waals surface area contributed by atoms with Gasteiger partial charge < -0.3 is 10.2 Å². The van der Waals surface area contributed by atoms with Crippen LogP contribution in [0.4, 0.5) is 0 Å². The molecule has 0 aliphatic heterocycles. The Balaban J connectivity index is 1.52. The van der Waals surface area contributed by atoms with E-state index in [1.165, 1.54) is 38.5 Å². The smallest absolute Gasteiger partial charge is 0.0682 e. The molecule has 0 saturated heterocycles. The Kier molecular flexibility index (Phi) is 6.50. The molecule has 4 aliphatic carbocycles. The summed E-state index contributed by atoms with van der Waals surface area (Å²) in [7, 11) is 0. The molecule has 2 N–H and O–H groups in total. The normalized spacial score (nSPS) is 46.7. The summed E-state index contributed by atoms with van der Waals surface area (Å²) < 4.78 is 0. The van der Waals surface area contributed by atoms with E-state index in [-0.39, 0.29) is 6.10 Å². The Morgan fingerprint density at radius 1 is 1.00 bits per heavy atom. The van der Waals surface area contributed by atoms with E-state index in [0.717, 1.165) is 49.9 Å². The molecule has 0 amide bonds. The van der Waals surface area contributed by atoms with Gasteiger partial charge in [0.1, 0.15) is 0 Å². The minimum atomic E-state index is -0.457. The van der Waals surface area contributed by atoms with E-state index in [4.69, 9.17) is 0 Å². The maximum atomic E-state index is 11.0. The third-order valence-electron chi connectivity index (χ3n) is 11.3. The first kappa shape index (κ1) is 23.8. The molecule has 0 heterocycles. The van der Waals surface area contributed by atoms with Crippen LogP contribution in [0.2, 0.25) is 0 Å². The Bertz CT molecular complexity index is 682. The van der Waals surface area contributed by atoms with Crippen molar-refractivity contribution in [3.8, 4) is 0 Å². The highest BCUT2D eigenvalue weighted by atomic mass is 16.3. The highest BCUT2D eigenvalue weighted by molar-refractivity contribution is 5.27. The summed E-state index contributed by atoms with van der Waals surface area (Å²) in [5.41, 5.74) is 1.84. The van der Waals surface area contributed by atoms with Gasteiger partial charge in [0.2, 0.25) is 0 Å². The minimum absolute atomic E-state index is 0.138. The van der Waals surface area contributed by atoms with Crippen LogP contribution in [0, 0.1) is 46.3 Å². The molecule has 178 valence electrons. The molecule has 0 bridgehead atoms. The largest absolute Gasteiger partial charge is 0.393 e. The fraction of sp³-hybridized carbons (Fsp3) is 0.931. The van der Waals surface area contributed by atoms with Crippen LogP contribution in [0.5, 0.6) is 0 Å². The van der Waals surface area contributed by atoms with E-state index < -0.39 is 5.60 Å². The summed E-state index contributed by atoms with van der Waals surface area (Å²) in [5.74, 6) is 4.20. The van der Waals surface area contributed by atoms with Crippen molar-refractivity contribution in [2.45, 2.75) is 124 Å². The zero-order valence-corrected chi connectivity index (χ0v) is 21.3. The molecule has 4 aliphatic rings. The molecular weight excluding hydrogens is 380 g/mol. The molecule has 0 radical (unpaired) electrons. The summed E-state index contributed by atoms with van der Waals surface area (Å²) in [4.78, 5) is 0. The lowest BCUT2D eigenvalue weighted by atomic mass is 9.46. The second-order valence-electron chi connectivity index (χ2n) is 13.1. The predicted octanol–water partition coefficient (Wildman–Crippen LogP) is 7.14. The van der Waals surface area contributed by atoms with E-state index in [0.29, 0.717) is 28.6 Å². The standard InChI is InChI=1S/C29H50O2/c1-7-29(31)17-16-27(5)21(18-29)9-10-22-24-12-11-23(28(24,6)15-14-25(22)27)20(4)26(30)13-8-19(2)3/h9,19-20,22-26,30-31H,7-8,10-18H2,1-6H3/t20?,22-,23+,24-,25-,26?,27-,28+,29-/m0/s1. The van der Waals surface area contributed by atoms with Crippen LogP contribution in [0.15, 0.2) is 11.6 Å². The molecular formula is C29H50O2. The van der Waals surface area contributed by atoms with Gasteiger partial charge in [0.15, 0.2) is 0 Å². The molecule has 2 nitrogen and oxygen atoms in total. The molecule has 31 heavy (non-hydrogen) atoms. The van der Waals surface area contributed by atoms with Crippen LogP contribution >= 0.6 is 0 Å². The molecule has 0 aromatic heterocycles. The second kappa shape index (κ2) is 8.46. The van der Waals surface area contributed by atoms with Gasteiger partial charge in [0.25, 0.3) is 0 Å². The van der Waals surface area contributed by atoms with Crippen LogP contribution in [0.25, 0.3) is 0 Å².